The van der Waals surface area contributed by atoms with Crippen molar-refractivity contribution in [2.75, 3.05) is 7.05 Å². The second-order valence-corrected chi connectivity index (χ2v) is 7.45. The van der Waals surface area contributed by atoms with E-state index in [1.54, 1.807) is 35.7 Å². The number of amides is 1. The van der Waals surface area contributed by atoms with Crippen molar-refractivity contribution < 1.29 is 9.72 Å². The van der Waals surface area contributed by atoms with Gasteiger partial charge in [-0.1, -0.05) is 12.1 Å². The Hall–Kier alpha value is -3.76. The summed E-state index contributed by atoms with van der Waals surface area (Å²) in [6.45, 7) is 2.19. The lowest BCUT2D eigenvalue weighted by atomic mass is 10.1. The second kappa shape index (κ2) is 8.54. The highest BCUT2D eigenvalue weighted by Crippen LogP contribution is 2.23. The maximum absolute atomic E-state index is 12.6. The first-order valence-corrected chi connectivity index (χ1v) is 9.74. The number of hydrogen-bond acceptors (Lipinski definition) is 6. The van der Waals surface area contributed by atoms with E-state index in [1.807, 2.05) is 6.92 Å². The fraction of sp³-hybridized carbons (Fsp3) is 0.400. The van der Waals surface area contributed by atoms with Gasteiger partial charge < -0.3 is 9.47 Å². The molecule has 31 heavy (non-hydrogen) atoms. The van der Waals surface area contributed by atoms with E-state index < -0.39 is 16.2 Å². The van der Waals surface area contributed by atoms with Gasteiger partial charge in [0.1, 0.15) is 0 Å². The number of non-ortho nitro benzene ring substituents is 1. The molecule has 1 unspecified atom stereocenters. The van der Waals surface area contributed by atoms with E-state index in [1.165, 1.54) is 30.1 Å². The van der Waals surface area contributed by atoms with Crippen molar-refractivity contribution in [1.82, 2.24) is 23.6 Å². The molecule has 0 spiro atoms. The molecule has 2 aromatic heterocycles. The van der Waals surface area contributed by atoms with Crippen molar-refractivity contribution in [3.63, 3.8) is 0 Å². The predicted octanol–water partition coefficient (Wildman–Crippen LogP) is 1.34. The van der Waals surface area contributed by atoms with Crippen LogP contribution in [0.5, 0.6) is 0 Å². The summed E-state index contributed by atoms with van der Waals surface area (Å²) in [6.07, 6.45) is 2.18. The lowest BCUT2D eigenvalue weighted by molar-refractivity contribution is -0.384. The predicted molar refractivity (Wildman–Crippen MR) is 114 cm³/mol. The lowest BCUT2D eigenvalue weighted by Gasteiger charge is -2.25. The van der Waals surface area contributed by atoms with Crippen LogP contribution in [0.3, 0.4) is 0 Å². The van der Waals surface area contributed by atoms with E-state index in [0.29, 0.717) is 29.7 Å². The Balaban J connectivity index is 1.69. The van der Waals surface area contributed by atoms with Crippen LogP contribution in [0.2, 0.25) is 0 Å². The molecule has 164 valence electrons. The molecule has 2 heterocycles. The Morgan fingerprint density at radius 3 is 2.65 bits per heavy atom. The maximum Gasteiger partial charge on any atom is 0.332 e. The number of nitro groups is 1. The van der Waals surface area contributed by atoms with Crippen LogP contribution in [0.15, 0.2) is 40.2 Å². The Morgan fingerprint density at radius 1 is 1.26 bits per heavy atom. The van der Waals surface area contributed by atoms with Crippen molar-refractivity contribution >= 4 is 22.8 Å². The molecule has 0 aliphatic rings. The third kappa shape index (κ3) is 4.11. The summed E-state index contributed by atoms with van der Waals surface area (Å²) >= 11 is 0. The SMILES string of the molecule is CC(c1cccc([N+](=O)[O-])c1)N(C)C(=O)CCCn1cnc2c1c(=O)n(C)c(=O)n2C. The Bertz CT molecular complexity index is 1270. The molecule has 0 fully saturated rings. The van der Waals surface area contributed by atoms with Crippen molar-refractivity contribution in [2.24, 2.45) is 14.1 Å². The molecule has 11 heteroatoms. The standard InChI is InChI=1S/C20H24N6O5/c1-13(14-7-5-8-15(11-14)26(30)31)22(2)16(27)9-6-10-25-12-21-18-17(25)19(28)24(4)20(29)23(18)3/h5,7-8,11-13H,6,9-10H2,1-4H3. The van der Waals surface area contributed by atoms with Crippen LogP contribution >= 0.6 is 0 Å². The first-order valence-electron chi connectivity index (χ1n) is 9.74. The summed E-state index contributed by atoms with van der Waals surface area (Å²) in [6, 6.07) is 5.89. The molecule has 1 amide bonds. The monoisotopic (exact) mass is 428 g/mol. The molecule has 0 N–H and O–H groups in total. The smallest absolute Gasteiger partial charge is 0.332 e. The van der Waals surface area contributed by atoms with E-state index in [2.05, 4.69) is 4.98 Å². The summed E-state index contributed by atoms with van der Waals surface area (Å²) in [7, 11) is 4.62. The molecule has 0 saturated heterocycles. The van der Waals surface area contributed by atoms with Crippen LogP contribution in [0.1, 0.15) is 31.4 Å². The molecule has 1 aromatic carbocycles. The van der Waals surface area contributed by atoms with Crippen LogP contribution in [0, 0.1) is 10.1 Å². The molecular weight excluding hydrogens is 404 g/mol. The number of carbonyl (C=O) groups excluding carboxylic acids is 1. The van der Waals surface area contributed by atoms with Gasteiger partial charge in [-0.3, -0.25) is 28.8 Å². The van der Waals surface area contributed by atoms with Gasteiger partial charge >= 0.3 is 5.69 Å². The van der Waals surface area contributed by atoms with Gasteiger partial charge in [0.25, 0.3) is 11.2 Å². The fourth-order valence-corrected chi connectivity index (χ4v) is 3.48. The summed E-state index contributed by atoms with van der Waals surface area (Å²) < 4.78 is 3.99. The van der Waals surface area contributed by atoms with Crippen molar-refractivity contribution in [3.8, 4) is 0 Å². The number of fused-ring (bicyclic) bond motifs is 1. The molecule has 11 nitrogen and oxygen atoms in total. The van der Waals surface area contributed by atoms with E-state index in [9.17, 15) is 24.5 Å². The summed E-state index contributed by atoms with van der Waals surface area (Å²) in [5.74, 6) is -0.122. The van der Waals surface area contributed by atoms with Gasteiger partial charge in [0.15, 0.2) is 11.2 Å². The number of aromatic nitrogens is 4. The van der Waals surface area contributed by atoms with Crippen molar-refractivity contribution in [1.29, 1.82) is 0 Å². The molecule has 0 radical (unpaired) electrons. The summed E-state index contributed by atoms with van der Waals surface area (Å²) in [5.41, 5.74) is 0.391. The van der Waals surface area contributed by atoms with Crippen LogP contribution in [0.4, 0.5) is 5.69 Å². The third-order valence-corrected chi connectivity index (χ3v) is 5.54. The Labute approximate surface area is 177 Å². The fourth-order valence-electron chi connectivity index (χ4n) is 3.48. The first-order chi connectivity index (χ1) is 14.6. The van der Waals surface area contributed by atoms with E-state index in [4.69, 9.17) is 0 Å². The largest absolute Gasteiger partial charge is 0.339 e. The summed E-state index contributed by atoms with van der Waals surface area (Å²) in [4.78, 5) is 53.4. The minimum Gasteiger partial charge on any atom is -0.339 e. The van der Waals surface area contributed by atoms with E-state index >= 15 is 0 Å². The zero-order valence-electron chi connectivity index (χ0n) is 17.8. The van der Waals surface area contributed by atoms with Gasteiger partial charge in [-0.05, 0) is 18.9 Å². The van der Waals surface area contributed by atoms with Crippen molar-refractivity contribution in [3.05, 3.63) is 67.1 Å². The zero-order valence-corrected chi connectivity index (χ0v) is 17.8. The highest BCUT2D eigenvalue weighted by atomic mass is 16.6. The quantitative estimate of drug-likeness (QED) is 0.413. The third-order valence-electron chi connectivity index (χ3n) is 5.54. The van der Waals surface area contributed by atoms with Gasteiger partial charge in [0.05, 0.1) is 17.3 Å². The second-order valence-electron chi connectivity index (χ2n) is 7.45. The zero-order chi connectivity index (χ0) is 22.9. The number of nitrogens with zero attached hydrogens (tertiary/aromatic N) is 6. The number of imidazole rings is 1. The van der Waals surface area contributed by atoms with Crippen molar-refractivity contribution in [2.45, 2.75) is 32.4 Å². The van der Waals surface area contributed by atoms with Gasteiger partial charge in [-0.2, -0.15) is 0 Å². The van der Waals surface area contributed by atoms with Gasteiger partial charge in [0.2, 0.25) is 5.91 Å². The number of nitro benzene ring substituents is 1. The number of carbonyl (C=O) groups is 1. The molecule has 0 aliphatic carbocycles. The molecule has 0 aliphatic heterocycles. The maximum atomic E-state index is 12.6. The number of aryl methyl sites for hydroxylation is 2. The highest BCUT2D eigenvalue weighted by molar-refractivity contribution is 5.76. The Morgan fingerprint density at radius 2 is 1.97 bits per heavy atom. The van der Waals surface area contributed by atoms with E-state index in [-0.39, 0.29) is 24.1 Å². The van der Waals surface area contributed by atoms with Crippen LogP contribution in [-0.4, -0.2) is 41.5 Å². The normalized spacial score (nSPS) is 12.1. The number of benzene rings is 1. The van der Waals surface area contributed by atoms with Gasteiger partial charge in [-0.15, -0.1) is 0 Å². The molecule has 0 saturated carbocycles. The van der Waals surface area contributed by atoms with Gasteiger partial charge in [0, 0.05) is 46.2 Å². The minimum atomic E-state index is -0.465. The molecule has 3 aromatic rings. The van der Waals surface area contributed by atoms with Crippen LogP contribution in [0.25, 0.3) is 11.2 Å². The molecule has 3 rings (SSSR count). The highest BCUT2D eigenvalue weighted by Gasteiger charge is 2.20. The minimum absolute atomic E-state index is 0.0202. The van der Waals surface area contributed by atoms with Crippen LogP contribution in [-0.2, 0) is 25.4 Å². The molecule has 0 bridgehead atoms. The number of rotatable bonds is 7. The average Bonchev–Trinajstić information content (AvgIpc) is 3.19. The van der Waals surface area contributed by atoms with Gasteiger partial charge in [-0.25, -0.2) is 9.78 Å². The topological polar surface area (TPSA) is 125 Å². The summed E-state index contributed by atoms with van der Waals surface area (Å²) in [5, 5.41) is 11.0. The first kappa shape index (κ1) is 21.9. The lowest BCUT2D eigenvalue weighted by Crippen LogP contribution is -2.37. The molecule has 1 atom stereocenters. The average molecular weight is 428 g/mol. The van der Waals surface area contributed by atoms with E-state index in [0.717, 1.165) is 4.57 Å². The molecular formula is C20H24N6O5. The Kier molecular flexibility index (Phi) is 6.04. The van der Waals surface area contributed by atoms with Crippen LogP contribution < -0.4 is 11.2 Å². The number of hydrogen-bond donors (Lipinski definition) is 0.